The fourth-order valence-corrected chi connectivity index (χ4v) is 1.82. The molecule has 0 amide bonds. The molecule has 0 fully saturated rings. The summed E-state index contributed by atoms with van der Waals surface area (Å²) >= 11 is 0. The van der Waals surface area contributed by atoms with Crippen molar-refractivity contribution >= 4 is 11.8 Å². The number of aliphatic hydroxyl groups excluding tert-OH is 1. The van der Waals surface area contributed by atoms with E-state index in [-0.39, 0.29) is 11.5 Å². The molecule has 0 unspecified atom stereocenters. The predicted molar refractivity (Wildman–Crippen MR) is 72.7 cm³/mol. The van der Waals surface area contributed by atoms with Crippen molar-refractivity contribution in [1.29, 1.82) is 0 Å². The Hall–Kier alpha value is -2.89. The molecule has 0 spiro atoms. The number of aromatic nitrogens is 1. The second-order valence-corrected chi connectivity index (χ2v) is 4.40. The zero-order valence-corrected chi connectivity index (χ0v) is 10.8. The molecule has 0 aliphatic heterocycles. The summed E-state index contributed by atoms with van der Waals surface area (Å²) in [5, 5.41) is 17.5. The highest BCUT2D eigenvalue weighted by Crippen LogP contribution is 2.12. The molecule has 1 aromatic heterocycles. The largest absolute Gasteiger partial charge is 0.502 e. The van der Waals surface area contributed by atoms with Gasteiger partial charge < -0.3 is 15.2 Å². The number of carbonyl (C=O) groups excluding carboxylic acids is 1. The molecule has 2 aromatic rings. The van der Waals surface area contributed by atoms with Crippen molar-refractivity contribution in [3.63, 3.8) is 0 Å². The van der Waals surface area contributed by atoms with Gasteiger partial charge in [-0.25, -0.2) is 9.18 Å². The maximum atomic E-state index is 13.1. The summed E-state index contributed by atoms with van der Waals surface area (Å²) in [6.07, 6.45) is 1.03. The summed E-state index contributed by atoms with van der Waals surface area (Å²) < 4.78 is 13.1. The molecule has 0 saturated carbocycles. The number of carboxylic acids is 1. The topological polar surface area (TPSA) is 90.4 Å². The minimum Gasteiger partial charge on any atom is -0.502 e. The first kappa shape index (κ1) is 14.5. The number of hydrogen-bond donors (Lipinski definition) is 3. The fraction of sp³-hybridized carbons (Fsp3) is 0.0667. The molecule has 3 N–H and O–H groups in total. The molecule has 6 heteroatoms. The van der Waals surface area contributed by atoms with Crippen LogP contribution in [0.3, 0.4) is 0 Å². The van der Waals surface area contributed by atoms with Crippen LogP contribution in [-0.4, -0.2) is 26.9 Å². The molecule has 0 aliphatic carbocycles. The molecule has 21 heavy (non-hydrogen) atoms. The number of nitrogens with one attached hydrogen (secondary N) is 1. The molecule has 0 aliphatic rings. The fourth-order valence-electron chi connectivity index (χ4n) is 1.82. The van der Waals surface area contributed by atoms with Crippen LogP contribution in [0.4, 0.5) is 4.39 Å². The second-order valence-electron chi connectivity index (χ2n) is 4.40. The molecule has 2 rings (SSSR count). The molecule has 0 radical (unpaired) electrons. The maximum absolute atomic E-state index is 13.1. The van der Waals surface area contributed by atoms with E-state index in [4.69, 9.17) is 10.2 Å². The standard InChI is InChI=1S/C15H12FNO4/c16-10-3-1-2-9(6-10)7-11-4-5-12(17-11)13(18)8-14(19)15(20)21/h1-6,8,17,19H,7H2,(H,20,21). The van der Waals surface area contributed by atoms with Crippen LogP contribution >= 0.6 is 0 Å². The van der Waals surface area contributed by atoms with Crippen molar-refractivity contribution in [2.45, 2.75) is 6.42 Å². The van der Waals surface area contributed by atoms with Gasteiger partial charge in [0.2, 0.25) is 11.5 Å². The van der Waals surface area contributed by atoms with Crippen LogP contribution in [0.1, 0.15) is 21.7 Å². The van der Waals surface area contributed by atoms with Gasteiger partial charge in [-0.3, -0.25) is 4.79 Å². The number of aromatic amines is 1. The van der Waals surface area contributed by atoms with E-state index in [1.165, 1.54) is 18.2 Å². The third-order valence-corrected chi connectivity index (χ3v) is 2.78. The average Bonchev–Trinajstić information content (AvgIpc) is 2.87. The maximum Gasteiger partial charge on any atom is 0.371 e. The van der Waals surface area contributed by atoms with Crippen molar-refractivity contribution in [2.24, 2.45) is 0 Å². The molecule has 5 nitrogen and oxygen atoms in total. The second kappa shape index (κ2) is 6.04. The molecule has 1 heterocycles. The van der Waals surface area contributed by atoms with Gasteiger partial charge >= 0.3 is 5.97 Å². The number of halogens is 1. The van der Waals surface area contributed by atoms with Gasteiger partial charge in [-0.05, 0) is 29.8 Å². The third-order valence-electron chi connectivity index (χ3n) is 2.78. The average molecular weight is 289 g/mol. The highest BCUT2D eigenvalue weighted by Gasteiger charge is 2.11. The number of aliphatic hydroxyl groups is 1. The smallest absolute Gasteiger partial charge is 0.371 e. The first-order chi connectivity index (χ1) is 9.95. The Morgan fingerprint density at radius 3 is 2.62 bits per heavy atom. The van der Waals surface area contributed by atoms with E-state index in [0.29, 0.717) is 18.2 Å². The molecular formula is C15H12FNO4. The van der Waals surface area contributed by atoms with Crippen molar-refractivity contribution in [3.05, 3.63) is 71.0 Å². The van der Waals surface area contributed by atoms with Crippen LogP contribution in [-0.2, 0) is 11.2 Å². The SMILES string of the molecule is O=C(O)C(O)=CC(=O)c1ccc(Cc2cccc(F)c2)[nH]1. The van der Waals surface area contributed by atoms with Gasteiger partial charge in [0.05, 0.1) is 5.69 Å². The van der Waals surface area contributed by atoms with E-state index >= 15 is 0 Å². The summed E-state index contributed by atoms with van der Waals surface area (Å²) in [5.41, 5.74) is 1.56. The van der Waals surface area contributed by atoms with Crippen molar-refractivity contribution in [3.8, 4) is 0 Å². The highest BCUT2D eigenvalue weighted by atomic mass is 19.1. The minimum atomic E-state index is -1.57. The number of carboxylic acid groups (broad SMARTS) is 1. The van der Waals surface area contributed by atoms with Gasteiger partial charge in [0.1, 0.15) is 5.82 Å². The Bertz CT molecular complexity index is 718. The summed E-state index contributed by atoms with van der Waals surface area (Å²) in [6.45, 7) is 0. The zero-order chi connectivity index (χ0) is 15.4. The highest BCUT2D eigenvalue weighted by molar-refractivity contribution is 6.06. The minimum absolute atomic E-state index is 0.147. The van der Waals surface area contributed by atoms with Crippen molar-refractivity contribution in [1.82, 2.24) is 4.98 Å². The van der Waals surface area contributed by atoms with E-state index in [1.807, 2.05) is 0 Å². The molecular weight excluding hydrogens is 277 g/mol. The van der Waals surface area contributed by atoms with E-state index in [9.17, 15) is 14.0 Å². The lowest BCUT2D eigenvalue weighted by Gasteiger charge is -1.99. The van der Waals surface area contributed by atoms with Gasteiger partial charge in [-0.2, -0.15) is 0 Å². The van der Waals surface area contributed by atoms with Crippen LogP contribution in [0.15, 0.2) is 48.2 Å². The number of benzene rings is 1. The van der Waals surface area contributed by atoms with Crippen LogP contribution < -0.4 is 0 Å². The number of H-pyrrole nitrogens is 1. The first-order valence-corrected chi connectivity index (χ1v) is 6.06. The van der Waals surface area contributed by atoms with Crippen molar-refractivity contribution < 1.29 is 24.2 Å². The lowest BCUT2D eigenvalue weighted by Crippen LogP contribution is -2.04. The summed E-state index contributed by atoms with van der Waals surface area (Å²) in [7, 11) is 0. The first-order valence-electron chi connectivity index (χ1n) is 6.06. The Morgan fingerprint density at radius 2 is 1.95 bits per heavy atom. The number of hydrogen-bond acceptors (Lipinski definition) is 3. The van der Waals surface area contributed by atoms with E-state index in [0.717, 1.165) is 5.56 Å². The predicted octanol–water partition coefficient (Wildman–Crippen LogP) is 2.45. The van der Waals surface area contributed by atoms with Gasteiger partial charge in [0.25, 0.3) is 0 Å². The zero-order valence-electron chi connectivity index (χ0n) is 10.8. The van der Waals surface area contributed by atoms with Gasteiger partial charge in [-0.1, -0.05) is 12.1 Å². The molecule has 0 atom stereocenters. The lowest BCUT2D eigenvalue weighted by atomic mass is 10.1. The quantitative estimate of drug-likeness (QED) is 0.448. The lowest BCUT2D eigenvalue weighted by molar-refractivity contribution is -0.135. The Labute approximate surface area is 119 Å². The Balaban J connectivity index is 2.13. The van der Waals surface area contributed by atoms with Crippen LogP contribution in [0.5, 0.6) is 0 Å². The number of rotatable bonds is 5. The van der Waals surface area contributed by atoms with Gasteiger partial charge in [0, 0.05) is 18.2 Å². The number of ketones is 1. The third kappa shape index (κ3) is 3.79. The van der Waals surface area contributed by atoms with E-state index in [1.54, 1.807) is 18.2 Å². The summed E-state index contributed by atoms with van der Waals surface area (Å²) in [5.74, 6) is -3.60. The molecule has 0 saturated heterocycles. The van der Waals surface area contributed by atoms with Crippen LogP contribution in [0.25, 0.3) is 0 Å². The van der Waals surface area contributed by atoms with E-state index in [2.05, 4.69) is 4.98 Å². The monoisotopic (exact) mass is 289 g/mol. The number of carbonyl (C=O) groups is 2. The molecule has 108 valence electrons. The Kier molecular flexibility index (Phi) is 4.18. The molecule has 0 bridgehead atoms. The number of allylic oxidation sites excluding steroid dienone is 1. The van der Waals surface area contributed by atoms with Crippen LogP contribution in [0, 0.1) is 5.82 Å². The van der Waals surface area contributed by atoms with E-state index < -0.39 is 17.5 Å². The Morgan fingerprint density at radius 1 is 1.19 bits per heavy atom. The van der Waals surface area contributed by atoms with Gasteiger partial charge in [0.15, 0.2) is 0 Å². The van der Waals surface area contributed by atoms with Crippen molar-refractivity contribution in [2.75, 3.05) is 0 Å². The number of aliphatic carboxylic acids is 1. The summed E-state index contributed by atoms with van der Waals surface area (Å²) in [4.78, 5) is 24.9. The normalized spacial score (nSPS) is 11.4. The van der Waals surface area contributed by atoms with Gasteiger partial charge in [-0.15, -0.1) is 0 Å². The molecule has 1 aromatic carbocycles. The van der Waals surface area contributed by atoms with Crippen LogP contribution in [0.2, 0.25) is 0 Å². The summed E-state index contributed by atoms with van der Waals surface area (Å²) in [6, 6.07) is 9.19.